The van der Waals surface area contributed by atoms with Crippen molar-refractivity contribution in [1.82, 2.24) is 5.32 Å². The molecule has 1 aromatic rings. The van der Waals surface area contributed by atoms with Crippen molar-refractivity contribution in [3.05, 3.63) is 22.4 Å². The first-order valence-corrected chi connectivity index (χ1v) is 8.78. The first-order valence-electron chi connectivity index (χ1n) is 7.90. The minimum atomic E-state index is -0.758. The average molecular weight is 308 g/mol. The molecule has 1 aliphatic heterocycles. The molecule has 2 fully saturated rings. The summed E-state index contributed by atoms with van der Waals surface area (Å²) in [6, 6.07) is 4.31. The van der Waals surface area contributed by atoms with Gasteiger partial charge in [0.25, 0.3) is 0 Å². The van der Waals surface area contributed by atoms with Gasteiger partial charge in [0.15, 0.2) is 0 Å². The summed E-state index contributed by atoms with van der Waals surface area (Å²) in [5.41, 5.74) is 5.56. The predicted molar refractivity (Wildman–Crippen MR) is 84.1 cm³/mol. The summed E-state index contributed by atoms with van der Waals surface area (Å²) in [4.78, 5) is 14.0. The van der Waals surface area contributed by atoms with Gasteiger partial charge in [0.2, 0.25) is 5.91 Å². The maximum atomic E-state index is 12.7. The van der Waals surface area contributed by atoms with Gasteiger partial charge in [-0.25, -0.2) is 0 Å². The maximum Gasteiger partial charge on any atom is 0.240 e. The van der Waals surface area contributed by atoms with Crippen molar-refractivity contribution >= 4 is 17.2 Å². The van der Waals surface area contributed by atoms with Crippen LogP contribution in [0.3, 0.4) is 0 Å². The van der Waals surface area contributed by atoms with Crippen LogP contribution < -0.4 is 11.1 Å². The lowest BCUT2D eigenvalue weighted by Crippen LogP contribution is -2.57. The van der Waals surface area contributed by atoms with Crippen LogP contribution in [-0.4, -0.2) is 24.7 Å². The molecule has 0 radical (unpaired) electrons. The van der Waals surface area contributed by atoms with Crippen molar-refractivity contribution in [2.24, 2.45) is 11.7 Å². The van der Waals surface area contributed by atoms with E-state index >= 15 is 0 Å². The number of hydrogen-bond donors (Lipinski definition) is 2. The van der Waals surface area contributed by atoms with E-state index in [0.717, 1.165) is 0 Å². The molecule has 5 heteroatoms. The maximum absolute atomic E-state index is 12.7. The van der Waals surface area contributed by atoms with E-state index in [1.165, 1.54) is 30.6 Å². The van der Waals surface area contributed by atoms with E-state index < -0.39 is 5.54 Å². The Bertz CT molecular complexity index is 463. The molecule has 0 bridgehead atoms. The minimum Gasteiger partial charge on any atom is -0.381 e. The van der Waals surface area contributed by atoms with Gasteiger partial charge in [-0.15, -0.1) is 11.3 Å². The summed E-state index contributed by atoms with van der Waals surface area (Å²) in [7, 11) is 0. The molecule has 4 nitrogen and oxygen atoms in total. The van der Waals surface area contributed by atoms with E-state index in [-0.39, 0.29) is 11.9 Å². The third-order valence-electron chi connectivity index (χ3n) is 4.84. The number of amides is 1. The average Bonchev–Trinajstić information content (AvgIpc) is 3.18. The molecule has 1 amide bonds. The normalized spacial score (nSPS) is 23.9. The fraction of sp³-hybridized carbons (Fsp3) is 0.688. The summed E-state index contributed by atoms with van der Waals surface area (Å²) in [5.74, 6) is 0.548. The second-order valence-electron chi connectivity index (χ2n) is 6.28. The van der Waals surface area contributed by atoms with Crippen molar-refractivity contribution in [2.75, 3.05) is 13.2 Å². The molecule has 2 aliphatic rings. The molecule has 0 spiro atoms. The van der Waals surface area contributed by atoms with Gasteiger partial charge < -0.3 is 15.8 Å². The van der Waals surface area contributed by atoms with Gasteiger partial charge in [0.05, 0.1) is 11.6 Å². The van der Waals surface area contributed by atoms with Crippen molar-refractivity contribution < 1.29 is 9.53 Å². The molecule has 21 heavy (non-hydrogen) atoms. The third-order valence-corrected chi connectivity index (χ3v) is 5.80. The molecule has 3 rings (SSSR count). The molecule has 1 aromatic heterocycles. The number of ether oxygens (including phenoxy) is 1. The zero-order chi connectivity index (χ0) is 14.7. The third kappa shape index (κ3) is 3.30. The Morgan fingerprint density at radius 2 is 2.10 bits per heavy atom. The number of thiophene rings is 1. The summed E-state index contributed by atoms with van der Waals surface area (Å²) < 4.78 is 5.33. The zero-order valence-corrected chi connectivity index (χ0v) is 13.2. The van der Waals surface area contributed by atoms with Crippen LogP contribution in [0.4, 0.5) is 0 Å². The Balaban J connectivity index is 1.73. The number of carbonyl (C=O) groups is 1. The minimum absolute atomic E-state index is 0.00361. The highest BCUT2D eigenvalue weighted by Crippen LogP contribution is 2.37. The fourth-order valence-electron chi connectivity index (χ4n) is 3.43. The topological polar surface area (TPSA) is 64.4 Å². The van der Waals surface area contributed by atoms with E-state index in [1.807, 2.05) is 0 Å². The first-order chi connectivity index (χ1) is 10.2. The monoisotopic (exact) mass is 308 g/mol. The lowest BCUT2D eigenvalue weighted by atomic mass is 9.88. The Labute approximate surface area is 130 Å². The fourth-order valence-corrected chi connectivity index (χ4v) is 4.30. The van der Waals surface area contributed by atoms with Gasteiger partial charge in [-0.3, -0.25) is 4.79 Å². The van der Waals surface area contributed by atoms with Crippen molar-refractivity contribution in [3.8, 4) is 0 Å². The summed E-state index contributed by atoms with van der Waals surface area (Å²) in [6.07, 6.45) is 6.16. The molecular formula is C16H24N2O2S. The van der Waals surface area contributed by atoms with Gasteiger partial charge in [-0.05, 0) is 43.0 Å². The van der Waals surface area contributed by atoms with Crippen LogP contribution in [0.5, 0.6) is 0 Å². The summed E-state index contributed by atoms with van der Waals surface area (Å²) >= 11 is 1.73. The highest BCUT2D eigenvalue weighted by molar-refractivity contribution is 7.10. The first kappa shape index (κ1) is 15.0. The van der Waals surface area contributed by atoms with Gasteiger partial charge in [0, 0.05) is 18.1 Å². The zero-order valence-electron chi connectivity index (χ0n) is 12.3. The van der Waals surface area contributed by atoms with Crippen molar-refractivity contribution in [2.45, 2.75) is 50.1 Å². The number of hydrogen-bond acceptors (Lipinski definition) is 4. The quantitative estimate of drug-likeness (QED) is 0.898. The largest absolute Gasteiger partial charge is 0.381 e. The van der Waals surface area contributed by atoms with Crippen molar-refractivity contribution in [1.29, 1.82) is 0 Å². The molecule has 3 N–H and O–H groups in total. The van der Waals surface area contributed by atoms with Crippen molar-refractivity contribution in [3.63, 3.8) is 0 Å². The molecule has 1 saturated heterocycles. The van der Waals surface area contributed by atoms with Crippen LogP contribution in [-0.2, 0) is 9.53 Å². The molecule has 2 heterocycles. The van der Waals surface area contributed by atoms with Crippen LogP contribution >= 0.6 is 11.3 Å². The standard InChI is InChI=1S/C16H24N2O2S/c17-16(7-9-20-10-8-16)15(19)18-14(12-4-1-2-5-12)13-6-3-11-21-13/h3,6,11-12,14H,1-2,4-5,7-10,17H2,(H,18,19). The Morgan fingerprint density at radius 3 is 2.71 bits per heavy atom. The number of nitrogens with one attached hydrogen (secondary N) is 1. The van der Waals surface area contributed by atoms with E-state index in [0.29, 0.717) is 32.0 Å². The number of carbonyl (C=O) groups excluding carboxylic acids is 1. The van der Waals surface area contributed by atoms with E-state index in [1.54, 1.807) is 11.3 Å². The molecule has 1 unspecified atom stereocenters. The smallest absolute Gasteiger partial charge is 0.240 e. The number of nitrogens with two attached hydrogens (primary N) is 1. The highest BCUT2D eigenvalue weighted by Gasteiger charge is 2.38. The molecular weight excluding hydrogens is 284 g/mol. The van der Waals surface area contributed by atoms with Gasteiger partial charge in [-0.1, -0.05) is 18.9 Å². The molecule has 0 aromatic carbocycles. The Kier molecular flexibility index (Phi) is 4.62. The second-order valence-corrected chi connectivity index (χ2v) is 7.26. The van der Waals surface area contributed by atoms with E-state index in [4.69, 9.17) is 10.5 Å². The van der Waals surface area contributed by atoms with Crippen LogP contribution in [0.1, 0.15) is 49.4 Å². The Hall–Kier alpha value is -0.910. The Morgan fingerprint density at radius 1 is 1.38 bits per heavy atom. The van der Waals surface area contributed by atoms with Crippen LogP contribution in [0.25, 0.3) is 0 Å². The molecule has 116 valence electrons. The number of rotatable bonds is 4. The van der Waals surface area contributed by atoms with Crippen LogP contribution in [0, 0.1) is 5.92 Å². The molecule has 1 aliphatic carbocycles. The lowest BCUT2D eigenvalue weighted by molar-refractivity contribution is -0.130. The summed E-state index contributed by atoms with van der Waals surface area (Å²) in [6.45, 7) is 1.16. The van der Waals surface area contributed by atoms with Crippen LogP contribution in [0.2, 0.25) is 0 Å². The van der Waals surface area contributed by atoms with E-state index in [2.05, 4.69) is 22.8 Å². The van der Waals surface area contributed by atoms with Gasteiger partial charge in [-0.2, -0.15) is 0 Å². The highest BCUT2D eigenvalue weighted by atomic mass is 32.1. The summed E-state index contributed by atoms with van der Waals surface area (Å²) in [5, 5.41) is 5.34. The molecule has 1 atom stereocenters. The second kappa shape index (κ2) is 6.46. The van der Waals surface area contributed by atoms with E-state index in [9.17, 15) is 4.79 Å². The van der Waals surface area contributed by atoms with Gasteiger partial charge in [0.1, 0.15) is 0 Å². The van der Waals surface area contributed by atoms with Crippen LogP contribution in [0.15, 0.2) is 17.5 Å². The van der Waals surface area contributed by atoms with Gasteiger partial charge >= 0.3 is 0 Å². The predicted octanol–water partition coefficient (Wildman–Crippen LogP) is 2.60. The molecule has 1 saturated carbocycles. The lowest BCUT2D eigenvalue weighted by Gasteiger charge is -2.34. The SMILES string of the molecule is NC1(C(=O)NC(c2cccs2)C2CCCC2)CCOCC1.